The Hall–Kier alpha value is -3.81. The summed E-state index contributed by atoms with van der Waals surface area (Å²) < 4.78 is 19.2. The molecule has 180 valence electrons. The maximum absolute atomic E-state index is 13.8. The number of amides is 1. The lowest BCUT2D eigenvalue weighted by atomic mass is 9.95. The van der Waals surface area contributed by atoms with E-state index < -0.39 is 0 Å². The summed E-state index contributed by atoms with van der Waals surface area (Å²) in [7, 11) is 0. The minimum atomic E-state index is -0.345. The van der Waals surface area contributed by atoms with Gasteiger partial charge in [-0.05, 0) is 50.3 Å². The van der Waals surface area contributed by atoms with E-state index in [1.807, 2.05) is 18.2 Å². The fourth-order valence-electron chi connectivity index (χ4n) is 4.66. The molecule has 1 amide bonds. The number of aryl methyl sites for hydroxylation is 1. The summed E-state index contributed by atoms with van der Waals surface area (Å²) >= 11 is 0. The van der Waals surface area contributed by atoms with Gasteiger partial charge in [-0.25, -0.2) is 9.37 Å². The van der Waals surface area contributed by atoms with Crippen LogP contribution in [0.15, 0.2) is 65.4 Å². The topological polar surface area (TPSA) is 84.2 Å². The third-order valence-electron chi connectivity index (χ3n) is 6.61. The fourth-order valence-corrected chi connectivity index (χ4v) is 4.66. The van der Waals surface area contributed by atoms with Crippen molar-refractivity contribution in [3.63, 3.8) is 0 Å². The Morgan fingerprint density at radius 2 is 1.94 bits per heavy atom. The van der Waals surface area contributed by atoms with Crippen LogP contribution in [0.3, 0.4) is 0 Å². The Morgan fingerprint density at radius 1 is 1.14 bits per heavy atom. The number of hydrogen-bond acceptors (Lipinski definition) is 6. The molecule has 1 N–H and O–H groups in total. The van der Waals surface area contributed by atoms with Gasteiger partial charge in [-0.15, -0.1) is 0 Å². The number of fused-ring (bicyclic) bond motifs is 1. The average molecular weight is 474 g/mol. The molecule has 2 aromatic heterocycles. The minimum Gasteiger partial charge on any atom is -0.356 e. The molecule has 7 nitrogen and oxygen atoms in total. The van der Waals surface area contributed by atoms with Crippen molar-refractivity contribution in [2.24, 2.45) is 5.92 Å². The van der Waals surface area contributed by atoms with E-state index in [9.17, 15) is 9.18 Å². The molecule has 0 unspecified atom stereocenters. The van der Waals surface area contributed by atoms with Crippen LogP contribution >= 0.6 is 0 Å². The molecule has 0 bridgehead atoms. The van der Waals surface area contributed by atoms with Crippen molar-refractivity contribution in [3.8, 4) is 11.3 Å². The van der Waals surface area contributed by atoms with Crippen molar-refractivity contribution in [1.82, 2.24) is 20.4 Å². The lowest BCUT2D eigenvalue weighted by Crippen LogP contribution is -2.43. The standard InChI is InChI=1S/C27H28FN5O2/c1-18(10-11-19-6-3-2-4-7-19)31-26(34)20-12-14-33(15-13-20)25-23-24(21-8-5-9-22(28)16-21)32-35-27(23)30-17-29-25/h2-9,16-18,20H,10-15H2,1H3,(H,31,34)/t18-/m1/s1. The average Bonchev–Trinajstić information content (AvgIpc) is 3.33. The minimum absolute atomic E-state index is 0.0343. The zero-order valence-corrected chi connectivity index (χ0v) is 19.7. The van der Waals surface area contributed by atoms with Crippen LogP contribution in [0.4, 0.5) is 10.2 Å². The lowest BCUT2D eigenvalue weighted by molar-refractivity contribution is -0.126. The quantitative estimate of drug-likeness (QED) is 0.416. The molecular formula is C27H28FN5O2. The first-order valence-corrected chi connectivity index (χ1v) is 12.0. The highest BCUT2D eigenvalue weighted by Gasteiger charge is 2.29. The van der Waals surface area contributed by atoms with Crippen molar-refractivity contribution in [1.29, 1.82) is 0 Å². The predicted octanol–water partition coefficient (Wildman–Crippen LogP) is 4.78. The van der Waals surface area contributed by atoms with Gasteiger partial charge in [0.25, 0.3) is 5.71 Å². The third kappa shape index (κ3) is 5.16. The molecule has 2 aromatic carbocycles. The molecule has 5 rings (SSSR count). The molecule has 35 heavy (non-hydrogen) atoms. The summed E-state index contributed by atoms with van der Waals surface area (Å²) in [6.45, 7) is 3.42. The van der Waals surface area contributed by atoms with Crippen molar-refractivity contribution in [2.45, 2.75) is 38.6 Å². The number of anilines is 1. The number of carbonyl (C=O) groups is 1. The molecule has 8 heteroatoms. The second kappa shape index (κ2) is 10.2. The molecule has 3 heterocycles. The SMILES string of the molecule is C[C@H](CCc1ccccc1)NC(=O)C1CCN(c2ncnc3onc(-c4cccc(F)c4)c23)CC1. The first kappa shape index (κ1) is 23.0. The number of nitrogens with one attached hydrogen (secondary N) is 1. The number of aromatic nitrogens is 3. The second-order valence-electron chi connectivity index (χ2n) is 9.11. The maximum Gasteiger partial charge on any atom is 0.263 e. The molecule has 1 saturated heterocycles. The molecule has 0 spiro atoms. The second-order valence-corrected chi connectivity index (χ2v) is 9.11. The van der Waals surface area contributed by atoms with E-state index in [0.29, 0.717) is 41.3 Å². The van der Waals surface area contributed by atoms with Gasteiger partial charge >= 0.3 is 0 Å². The molecule has 0 aliphatic carbocycles. The predicted molar refractivity (Wildman–Crippen MR) is 132 cm³/mol. The number of nitrogens with zero attached hydrogens (tertiary/aromatic N) is 4. The highest BCUT2D eigenvalue weighted by atomic mass is 19.1. The Balaban J connectivity index is 1.23. The molecule has 4 aromatic rings. The number of hydrogen-bond donors (Lipinski definition) is 1. The fraction of sp³-hybridized carbons (Fsp3) is 0.333. The van der Waals surface area contributed by atoms with Gasteiger partial charge in [0.05, 0.1) is 0 Å². The van der Waals surface area contributed by atoms with Crippen LogP contribution in [0, 0.1) is 11.7 Å². The summed E-state index contributed by atoms with van der Waals surface area (Å²) in [5.41, 5.74) is 2.77. The van der Waals surface area contributed by atoms with E-state index in [1.54, 1.807) is 12.1 Å². The van der Waals surface area contributed by atoms with Gasteiger partial charge in [0.1, 0.15) is 29.0 Å². The number of carbonyl (C=O) groups excluding carboxylic acids is 1. The van der Waals surface area contributed by atoms with Crippen LogP contribution in [0.5, 0.6) is 0 Å². The van der Waals surface area contributed by atoms with E-state index in [-0.39, 0.29) is 23.7 Å². The summed E-state index contributed by atoms with van der Waals surface area (Å²) in [5, 5.41) is 8.00. The molecule has 1 atom stereocenters. The first-order valence-electron chi connectivity index (χ1n) is 12.0. The summed E-state index contributed by atoms with van der Waals surface area (Å²) in [5.74, 6) is 0.434. The highest BCUT2D eigenvalue weighted by molar-refractivity contribution is 5.98. The number of halogens is 1. The Kier molecular flexibility index (Phi) is 6.70. The normalized spacial score (nSPS) is 15.3. The van der Waals surface area contributed by atoms with Crippen molar-refractivity contribution in [2.75, 3.05) is 18.0 Å². The van der Waals surface area contributed by atoms with E-state index in [2.05, 4.69) is 44.4 Å². The number of piperidine rings is 1. The van der Waals surface area contributed by atoms with Crippen LogP contribution in [-0.2, 0) is 11.2 Å². The zero-order chi connectivity index (χ0) is 24.2. The van der Waals surface area contributed by atoms with Crippen molar-refractivity contribution in [3.05, 3.63) is 72.3 Å². The van der Waals surface area contributed by atoms with Gasteiger partial charge in [-0.3, -0.25) is 4.79 Å². The van der Waals surface area contributed by atoms with Crippen LogP contribution in [0.25, 0.3) is 22.4 Å². The smallest absolute Gasteiger partial charge is 0.263 e. The van der Waals surface area contributed by atoms with E-state index in [0.717, 1.165) is 25.7 Å². The highest BCUT2D eigenvalue weighted by Crippen LogP contribution is 2.34. The Labute approximate surface area is 203 Å². The van der Waals surface area contributed by atoms with Crippen LogP contribution in [0.2, 0.25) is 0 Å². The Morgan fingerprint density at radius 3 is 2.71 bits per heavy atom. The molecule has 1 aliphatic rings. The molecule has 1 aliphatic heterocycles. The van der Waals surface area contributed by atoms with Gasteiger partial charge in [0.2, 0.25) is 5.91 Å². The summed E-state index contributed by atoms with van der Waals surface area (Å²) in [6.07, 6.45) is 4.75. The van der Waals surface area contributed by atoms with Gasteiger partial charge in [0.15, 0.2) is 0 Å². The maximum atomic E-state index is 13.8. The van der Waals surface area contributed by atoms with Gasteiger partial charge < -0.3 is 14.7 Å². The number of benzene rings is 2. The summed E-state index contributed by atoms with van der Waals surface area (Å²) in [4.78, 5) is 23.7. The van der Waals surface area contributed by atoms with Gasteiger partial charge in [0, 0.05) is 30.6 Å². The van der Waals surface area contributed by atoms with E-state index in [1.165, 1.54) is 24.0 Å². The first-order chi connectivity index (χ1) is 17.1. The van der Waals surface area contributed by atoms with Crippen LogP contribution < -0.4 is 10.2 Å². The van der Waals surface area contributed by atoms with Crippen LogP contribution in [0.1, 0.15) is 31.7 Å². The van der Waals surface area contributed by atoms with E-state index in [4.69, 9.17) is 4.52 Å². The summed E-state index contributed by atoms with van der Waals surface area (Å²) in [6, 6.07) is 16.7. The van der Waals surface area contributed by atoms with Gasteiger partial charge in [-0.2, -0.15) is 4.98 Å². The molecule has 1 fully saturated rings. The molecular weight excluding hydrogens is 445 g/mol. The van der Waals surface area contributed by atoms with Gasteiger partial charge in [-0.1, -0.05) is 47.6 Å². The van der Waals surface area contributed by atoms with Crippen molar-refractivity contribution < 1.29 is 13.7 Å². The third-order valence-corrected chi connectivity index (χ3v) is 6.61. The zero-order valence-electron chi connectivity index (χ0n) is 19.7. The van der Waals surface area contributed by atoms with E-state index >= 15 is 0 Å². The molecule has 0 saturated carbocycles. The lowest BCUT2D eigenvalue weighted by Gasteiger charge is -2.32. The van der Waals surface area contributed by atoms with Crippen LogP contribution in [-0.4, -0.2) is 40.2 Å². The van der Waals surface area contributed by atoms with Crippen molar-refractivity contribution >= 4 is 22.8 Å². The Bertz CT molecular complexity index is 1300. The molecule has 0 radical (unpaired) electrons. The number of rotatable bonds is 7. The monoisotopic (exact) mass is 473 g/mol. The largest absolute Gasteiger partial charge is 0.356 e.